The summed E-state index contributed by atoms with van der Waals surface area (Å²) < 4.78 is 10.7. The van der Waals surface area contributed by atoms with Crippen molar-refractivity contribution in [3.05, 3.63) is 36.2 Å². The number of aromatic nitrogens is 2. The van der Waals surface area contributed by atoms with Gasteiger partial charge in [0.15, 0.2) is 11.5 Å². The van der Waals surface area contributed by atoms with Crippen molar-refractivity contribution in [3.8, 4) is 11.5 Å². The fourth-order valence-corrected chi connectivity index (χ4v) is 2.74. The van der Waals surface area contributed by atoms with Crippen LogP contribution in [0.5, 0.6) is 11.5 Å². The monoisotopic (exact) mass is 328 g/mol. The Morgan fingerprint density at radius 2 is 1.83 bits per heavy atom. The van der Waals surface area contributed by atoms with Gasteiger partial charge < -0.3 is 19.7 Å². The summed E-state index contributed by atoms with van der Waals surface area (Å²) in [5, 5.41) is 3.36. The molecule has 0 aliphatic carbocycles. The van der Waals surface area contributed by atoms with E-state index < -0.39 is 0 Å². The quantitative estimate of drug-likeness (QED) is 0.801. The van der Waals surface area contributed by atoms with Gasteiger partial charge in [0.1, 0.15) is 18.0 Å². The Morgan fingerprint density at radius 1 is 1.04 bits per heavy atom. The number of rotatable bonds is 8. The molecule has 0 saturated carbocycles. The van der Waals surface area contributed by atoms with Gasteiger partial charge in [0, 0.05) is 25.7 Å². The standard InChI is InChI=1S/C18H24N4O2/c1-3-7-22(8-4-2)18-10-17(20-12-21-18)19-11-14-5-6-15-16(9-14)24-13-23-15/h5-6,9-10,12H,3-4,7-8,11,13H2,1-2H3,(H,19,20,21). The van der Waals surface area contributed by atoms with Gasteiger partial charge in [0.25, 0.3) is 0 Å². The van der Waals surface area contributed by atoms with Crippen LogP contribution in [-0.2, 0) is 6.54 Å². The van der Waals surface area contributed by atoms with Gasteiger partial charge in [-0.1, -0.05) is 19.9 Å². The van der Waals surface area contributed by atoms with E-state index in [-0.39, 0.29) is 0 Å². The molecule has 1 aromatic heterocycles. The fourth-order valence-electron chi connectivity index (χ4n) is 2.74. The Labute approximate surface area is 142 Å². The van der Waals surface area contributed by atoms with Crippen molar-refractivity contribution < 1.29 is 9.47 Å². The SMILES string of the molecule is CCCN(CCC)c1cc(NCc2ccc3c(c2)OCO3)ncn1. The molecule has 0 atom stereocenters. The van der Waals surface area contributed by atoms with Crippen LogP contribution in [0.1, 0.15) is 32.3 Å². The number of ether oxygens (including phenoxy) is 2. The first-order valence-electron chi connectivity index (χ1n) is 8.49. The maximum atomic E-state index is 5.41. The molecule has 0 saturated heterocycles. The van der Waals surface area contributed by atoms with Crippen molar-refractivity contribution in [2.45, 2.75) is 33.2 Å². The zero-order chi connectivity index (χ0) is 16.8. The minimum atomic E-state index is 0.298. The van der Waals surface area contributed by atoms with Crippen molar-refractivity contribution in [2.75, 3.05) is 30.1 Å². The second kappa shape index (κ2) is 7.86. The molecule has 24 heavy (non-hydrogen) atoms. The fraction of sp³-hybridized carbons (Fsp3) is 0.444. The van der Waals surface area contributed by atoms with Crippen LogP contribution in [0.4, 0.5) is 11.6 Å². The molecule has 128 valence electrons. The van der Waals surface area contributed by atoms with E-state index in [0.717, 1.165) is 54.6 Å². The third kappa shape index (κ3) is 3.88. The molecule has 0 spiro atoms. The summed E-state index contributed by atoms with van der Waals surface area (Å²) in [7, 11) is 0. The molecular formula is C18H24N4O2. The van der Waals surface area contributed by atoms with Gasteiger partial charge in [-0.15, -0.1) is 0 Å². The number of benzene rings is 1. The Kier molecular flexibility index (Phi) is 5.36. The van der Waals surface area contributed by atoms with Gasteiger partial charge in [-0.25, -0.2) is 9.97 Å². The Balaban J connectivity index is 1.66. The molecule has 1 aromatic carbocycles. The molecule has 6 nitrogen and oxygen atoms in total. The third-order valence-electron chi connectivity index (χ3n) is 3.87. The maximum Gasteiger partial charge on any atom is 0.231 e. The highest BCUT2D eigenvalue weighted by Gasteiger charge is 2.13. The third-order valence-corrected chi connectivity index (χ3v) is 3.87. The molecule has 2 heterocycles. The van der Waals surface area contributed by atoms with E-state index in [0.29, 0.717) is 13.3 Å². The molecule has 0 unspecified atom stereocenters. The Bertz CT molecular complexity index is 672. The van der Waals surface area contributed by atoms with Crippen LogP contribution in [0.15, 0.2) is 30.6 Å². The predicted octanol–water partition coefficient (Wildman–Crippen LogP) is 3.44. The first kappa shape index (κ1) is 16.4. The van der Waals surface area contributed by atoms with E-state index in [4.69, 9.17) is 9.47 Å². The van der Waals surface area contributed by atoms with E-state index in [1.54, 1.807) is 6.33 Å². The molecule has 1 aliphatic heterocycles. The van der Waals surface area contributed by atoms with Crippen LogP contribution in [0.3, 0.4) is 0 Å². The Morgan fingerprint density at radius 3 is 2.62 bits per heavy atom. The topological polar surface area (TPSA) is 59.5 Å². The summed E-state index contributed by atoms with van der Waals surface area (Å²) in [5.74, 6) is 3.41. The maximum absolute atomic E-state index is 5.41. The molecule has 0 radical (unpaired) electrons. The number of nitrogens with zero attached hydrogens (tertiary/aromatic N) is 3. The average Bonchev–Trinajstić information content (AvgIpc) is 3.08. The van der Waals surface area contributed by atoms with Crippen LogP contribution in [0.2, 0.25) is 0 Å². The molecular weight excluding hydrogens is 304 g/mol. The lowest BCUT2D eigenvalue weighted by Gasteiger charge is -2.22. The number of anilines is 2. The largest absolute Gasteiger partial charge is 0.454 e. The van der Waals surface area contributed by atoms with Gasteiger partial charge >= 0.3 is 0 Å². The van der Waals surface area contributed by atoms with Crippen molar-refractivity contribution in [1.82, 2.24) is 9.97 Å². The summed E-state index contributed by atoms with van der Waals surface area (Å²) in [6.07, 6.45) is 3.82. The first-order valence-corrected chi connectivity index (χ1v) is 8.49. The lowest BCUT2D eigenvalue weighted by Crippen LogP contribution is -2.26. The summed E-state index contributed by atoms with van der Waals surface area (Å²) in [6.45, 7) is 7.35. The van der Waals surface area contributed by atoms with Crippen molar-refractivity contribution in [1.29, 1.82) is 0 Å². The minimum absolute atomic E-state index is 0.298. The molecule has 1 aliphatic rings. The number of hydrogen-bond acceptors (Lipinski definition) is 6. The van der Waals surface area contributed by atoms with Gasteiger partial charge in [-0.05, 0) is 30.5 Å². The van der Waals surface area contributed by atoms with Crippen molar-refractivity contribution in [3.63, 3.8) is 0 Å². The highest BCUT2D eigenvalue weighted by molar-refractivity contribution is 5.50. The van der Waals surface area contributed by atoms with E-state index in [1.165, 1.54) is 0 Å². The first-order chi connectivity index (χ1) is 11.8. The van der Waals surface area contributed by atoms with Gasteiger partial charge in [-0.3, -0.25) is 0 Å². The van der Waals surface area contributed by atoms with E-state index in [2.05, 4.69) is 34.0 Å². The molecule has 0 bridgehead atoms. The number of hydrogen-bond donors (Lipinski definition) is 1. The van der Waals surface area contributed by atoms with Crippen LogP contribution >= 0.6 is 0 Å². The lowest BCUT2D eigenvalue weighted by atomic mass is 10.2. The van der Waals surface area contributed by atoms with Crippen LogP contribution in [0.25, 0.3) is 0 Å². The summed E-state index contributed by atoms with van der Waals surface area (Å²) in [5.41, 5.74) is 1.12. The molecule has 0 amide bonds. The zero-order valence-corrected chi connectivity index (χ0v) is 14.3. The van der Waals surface area contributed by atoms with E-state index in [9.17, 15) is 0 Å². The molecule has 0 fully saturated rings. The van der Waals surface area contributed by atoms with E-state index >= 15 is 0 Å². The second-order valence-corrected chi connectivity index (χ2v) is 5.79. The smallest absolute Gasteiger partial charge is 0.231 e. The minimum Gasteiger partial charge on any atom is -0.454 e. The predicted molar refractivity (Wildman–Crippen MR) is 94.7 cm³/mol. The Hall–Kier alpha value is -2.50. The normalized spacial score (nSPS) is 12.2. The number of fused-ring (bicyclic) bond motifs is 1. The van der Waals surface area contributed by atoms with Crippen LogP contribution in [-0.4, -0.2) is 29.9 Å². The molecule has 2 aromatic rings. The molecule has 1 N–H and O–H groups in total. The average molecular weight is 328 g/mol. The highest BCUT2D eigenvalue weighted by Crippen LogP contribution is 2.32. The second-order valence-electron chi connectivity index (χ2n) is 5.79. The summed E-state index contributed by atoms with van der Waals surface area (Å²) in [6, 6.07) is 7.98. The van der Waals surface area contributed by atoms with Crippen LogP contribution < -0.4 is 19.7 Å². The van der Waals surface area contributed by atoms with Gasteiger partial charge in [0.2, 0.25) is 6.79 Å². The van der Waals surface area contributed by atoms with Crippen molar-refractivity contribution in [2.24, 2.45) is 0 Å². The lowest BCUT2D eigenvalue weighted by molar-refractivity contribution is 0.174. The van der Waals surface area contributed by atoms with Crippen molar-refractivity contribution >= 4 is 11.6 Å². The summed E-state index contributed by atoms with van der Waals surface area (Å²) >= 11 is 0. The summed E-state index contributed by atoms with van der Waals surface area (Å²) in [4.78, 5) is 11.0. The zero-order valence-electron chi connectivity index (χ0n) is 14.3. The van der Waals surface area contributed by atoms with Gasteiger partial charge in [0.05, 0.1) is 0 Å². The van der Waals surface area contributed by atoms with Crippen LogP contribution in [0, 0.1) is 0 Å². The number of nitrogens with one attached hydrogen (secondary N) is 1. The van der Waals surface area contributed by atoms with Gasteiger partial charge in [-0.2, -0.15) is 0 Å². The highest BCUT2D eigenvalue weighted by atomic mass is 16.7. The van der Waals surface area contributed by atoms with E-state index in [1.807, 2.05) is 24.3 Å². The molecule has 3 rings (SSSR count). The molecule has 6 heteroatoms.